The molecule has 6 nitrogen and oxygen atoms in total. The molecule has 2 amide bonds. The molecule has 1 saturated carbocycles. The minimum Gasteiger partial charge on any atom is -0.446 e. The summed E-state index contributed by atoms with van der Waals surface area (Å²) in [7, 11) is 3.86. The molecule has 29 heavy (non-hydrogen) atoms. The van der Waals surface area contributed by atoms with Crippen LogP contribution < -0.4 is 15.5 Å². The first-order valence-electron chi connectivity index (χ1n) is 9.72. The molecule has 0 heterocycles. The summed E-state index contributed by atoms with van der Waals surface area (Å²) in [6, 6.07) is 12.9. The van der Waals surface area contributed by atoms with Crippen molar-refractivity contribution in [2.24, 2.45) is 0 Å². The Balaban J connectivity index is 1.52. The minimum atomic E-state index is -0.577. The maximum absolute atomic E-state index is 12.9. The van der Waals surface area contributed by atoms with Crippen molar-refractivity contribution >= 4 is 23.4 Å². The fourth-order valence-electron chi connectivity index (χ4n) is 3.41. The predicted octanol–water partition coefficient (Wildman–Crippen LogP) is 4.18. The molecule has 154 valence electrons. The van der Waals surface area contributed by atoms with Gasteiger partial charge in [0.05, 0.1) is 0 Å². The lowest BCUT2D eigenvalue weighted by Crippen LogP contribution is -2.41. The Bertz CT molecular complexity index is 855. The smallest absolute Gasteiger partial charge is 0.411 e. The van der Waals surface area contributed by atoms with E-state index < -0.39 is 6.09 Å². The van der Waals surface area contributed by atoms with Gasteiger partial charge in [0.2, 0.25) is 0 Å². The summed E-state index contributed by atoms with van der Waals surface area (Å²) in [6.07, 6.45) is 2.17. The van der Waals surface area contributed by atoms with Gasteiger partial charge in [0.15, 0.2) is 0 Å². The number of anilines is 2. The quantitative estimate of drug-likeness (QED) is 0.791. The summed E-state index contributed by atoms with van der Waals surface area (Å²) < 4.78 is 18.4. The van der Waals surface area contributed by atoms with Crippen molar-refractivity contribution in [3.63, 3.8) is 0 Å². The Labute approximate surface area is 170 Å². The van der Waals surface area contributed by atoms with E-state index in [1.165, 1.54) is 24.3 Å². The van der Waals surface area contributed by atoms with Crippen LogP contribution in [-0.4, -0.2) is 38.2 Å². The average Bonchev–Trinajstić information content (AvgIpc) is 2.70. The van der Waals surface area contributed by atoms with E-state index >= 15 is 0 Å². The summed E-state index contributed by atoms with van der Waals surface area (Å²) in [5.41, 5.74) is 2.03. The van der Waals surface area contributed by atoms with Crippen LogP contribution in [0, 0.1) is 5.82 Å². The van der Waals surface area contributed by atoms with E-state index in [2.05, 4.69) is 10.6 Å². The van der Waals surface area contributed by atoms with Crippen LogP contribution in [0.5, 0.6) is 0 Å². The zero-order valence-electron chi connectivity index (χ0n) is 16.7. The number of benzene rings is 2. The minimum absolute atomic E-state index is 0.0529. The number of nitrogens with one attached hydrogen (secondary N) is 2. The standard InChI is InChI=1S/C22H26FN3O3/c1-26(2)19-7-3-5-15(13-19)21(27)24-18-6-4-8-20(14-18)29-22(28)25-17-11-9-16(23)10-12-17/h3,5,7,9-13,18,20H,4,6,8,14H2,1-2H3,(H,24,27)(H,25,28)/t18-,20-/m0/s1. The third-order valence-corrected chi connectivity index (χ3v) is 4.95. The predicted molar refractivity (Wildman–Crippen MR) is 111 cm³/mol. The molecule has 2 N–H and O–H groups in total. The van der Waals surface area contributed by atoms with Crippen LogP contribution in [0.1, 0.15) is 36.0 Å². The van der Waals surface area contributed by atoms with Crippen LogP contribution in [0.2, 0.25) is 0 Å². The molecular weight excluding hydrogens is 373 g/mol. The Morgan fingerprint density at radius 1 is 1.10 bits per heavy atom. The number of carbonyl (C=O) groups excluding carboxylic acids is 2. The van der Waals surface area contributed by atoms with Gasteiger partial charge in [-0.3, -0.25) is 10.1 Å². The SMILES string of the molecule is CN(C)c1cccc(C(=O)N[C@H]2CCC[C@H](OC(=O)Nc3ccc(F)cc3)C2)c1. The summed E-state index contributed by atoms with van der Waals surface area (Å²) in [5.74, 6) is -0.499. The second-order valence-corrected chi connectivity index (χ2v) is 7.44. The van der Waals surface area contributed by atoms with Crippen molar-refractivity contribution in [1.29, 1.82) is 0 Å². The Morgan fingerprint density at radius 3 is 2.59 bits per heavy atom. The highest BCUT2D eigenvalue weighted by molar-refractivity contribution is 5.95. The summed E-state index contributed by atoms with van der Waals surface area (Å²) >= 11 is 0. The van der Waals surface area contributed by atoms with Gasteiger partial charge in [-0.05, 0) is 61.7 Å². The zero-order chi connectivity index (χ0) is 20.8. The van der Waals surface area contributed by atoms with Crippen LogP contribution in [0.4, 0.5) is 20.6 Å². The second kappa shape index (κ2) is 9.41. The van der Waals surface area contributed by atoms with Gasteiger partial charge in [0.25, 0.3) is 5.91 Å². The van der Waals surface area contributed by atoms with Crippen LogP contribution in [0.15, 0.2) is 48.5 Å². The molecule has 3 rings (SSSR count). The number of ether oxygens (including phenoxy) is 1. The van der Waals surface area contributed by atoms with Crippen molar-refractivity contribution < 1.29 is 18.7 Å². The van der Waals surface area contributed by atoms with Gasteiger partial charge in [-0.15, -0.1) is 0 Å². The number of hydrogen-bond acceptors (Lipinski definition) is 4. The summed E-state index contributed by atoms with van der Waals surface area (Å²) in [6.45, 7) is 0. The fourth-order valence-corrected chi connectivity index (χ4v) is 3.41. The topological polar surface area (TPSA) is 70.7 Å². The van der Waals surface area contributed by atoms with E-state index in [4.69, 9.17) is 4.74 Å². The highest BCUT2D eigenvalue weighted by Gasteiger charge is 2.26. The molecule has 0 bridgehead atoms. The van der Waals surface area contributed by atoms with E-state index in [-0.39, 0.29) is 23.9 Å². The van der Waals surface area contributed by atoms with Crippen molar-refractivity contribution in [2.45, 2.75) is 37.8 Å². The third kappa shape index (κ3) is 5.94. The van der Waals surface area contributed by atoms with E-state index in [9.17, 15) is 14.0 Å². The van der Waals surface area contributed by atoms with Gasteiger partial charge in [0.1, 0.15) is 11.9 Å². The largest absolute Gasteiger partial charge is 0.446 e. The van der Waals surface area contributed by atoms with Crippen LogP contribution in [-0.2, 0) is 4.74 Å². The Morgan fingerprint density at radius 2 is 1.86 bits per heavy atom. The molecule has 2 atom stereocenters. The van der Waals surface area contributed by atoms with Gasteiger partial charge < -0.3 is 15.0 Å². The van der Waals surface area contributed by atoms with Gasteiger partial charge in [0, 0.05) is 43.5 Å². The Hall–Kier alpha value is -3.09. The molecular formula is C22H26FN3O3. The molecule has 1 aliphatic carbocycles. The lowest BCUT2D eigenvalue weighted by Gasteiger charge is -2.29. The number of carbonyl (C=O) groups is 2. The molecule has 0 saturated heterocycles. The first kappa shape index (κ1) is 20.6. The van der Waals surface area contributed by atoms with Gasteiger partial charge in [-0.1, -0.05) is 6.07 Å². The third-order valence-electron chi connectivity index (χ3n) is 4.95. The fraction of sp³-hybridized carbons (Fsp3) is 0.364. The summed E-state index contributed by atoms with van der Waals surface area (Å²) in [4.78, 5) is 26.6. The van der Waals surface area contributed by atoms with Crippen LogP contribution in [0.25, 0.3) is 0 Å². The van der Waals surface area contributed by atoms with E-state index in [1.807, 2.05) is 37.2 Å². The molecule has 1 fully saturated rings. The van der Waals surface area contributed by atoms with Gasteiger partial charge in [-0.25, -0.2) is 9.18 Å². The molecule has 0 spiro atoms. The van der Waals surface area contributed by atoms with Gasteiger partial charge in [-0.2, -0.15) is 0 Å². The first-order chi connectivity index (χ1) is 13.9. The molecule has 0 radical (unpaired) electrons. The highest BCUT2D eigenvalue weighted by Crippen LogP contribution is 2.23. The normalized spacial score (nSPS) is 18.6. The molecule has 0 unspecified atom stereocenters. The molecule has 0 aliphatic heterocycles. The maximum atomic E-state index is 12.9. The van der Waals surface area contributed by atoms with E-state index in [0.29, 0.717) is 17.7 Å². The first-order valence-corrected chi connectivity index (χ1v) is 9.72. The van der Waals surface area contributed by atoms with Crippen molar-refractivity contribution in [1.82, 2.24) is 5.32 Å². The molecule has 2 aromatic carbocycles. The number of nitrogens with zero attached hydrogens (tertiary/aromatic N) is 1. The average molecular weight is 399 g/mol. The van der Waals surface area contributed by atoms with E-state index in [0.717, 1.165) is 24.9 Å². The molecule has 2 aromatic rings. The monoisotopic (exact) mass is 399 g/mol. The Kier molecular flexibility index (Phi) is 6.69. The zero-order valence-corrected chi connectivity index (χ0v) is 16.7. The lowest BCUT2D eigenvalue weighted by atomic mass is 9.92. The second-order valence-electron chi connectivity index (χ2n) is 7.44. The summed E-state index contributed by atoms with van der Waals surface area (Å²) in [5, 5.41) is 5.64. The van der Waals surface area contributed by atoms with Gasteiger partial charge >= 0.3 is 6.09 Å². The molecule has 0 aromatic heterocycles. The van der Waals surface area contributed by atoms with Crippen LogP contribution in [0.3, 0.4) is 0 Å². The van der Waals surface area contributed by atoms with E-state index in [1.54, 1.807) is 6.07 Å². The molecule has 1 aliphatic rings. The highest BCUT2D eigenvalue weighted by atomic mass is 19.1. The lowest BCUT2D eigenvalue weighted by molar-refractivity contribution is 0.0712. The van der Waals surface area contributed by atoms with Crippen molar-refractivity contribution in [2.75, 3.05) is 24.3 Å². The number of halogens is 1. The maximum Gasteiger partial charge on any atom is 0.411 e. The number of hydrogen-bond donors (Lipinski definition) is 2. The number of amides is 2. The van der Waals surface area contributed by atoms with Crippen molar-refractivity contribution in [3.05, 3.63) is 59.9 Å². The number of rotatable bonds is 5. The van der Waals surface area contributed by atoms with Crippen molar-refractivity contribution in [3.8, 4) is 0 Å². The van der Waals surface area contributed by atoms with Crippen LogP contribution >= 0.6 is 0 Å². The molecule has 7 heteroatoms.